The standard InChI is InChI=1S/C16H10.C5H8O2.Ir/c1-2-7-13(8-3-1)16-12-6-10-14-9-4-5-11-15(14)16;1-4(6)3-5(2)7;/h1-7,9-11H;3,6H,1-2H3;/q-2;;. The van der Waals surface area contributed by atoms with Crippen molar-refractivity contribution < 1.29 is 30.0 Å². The number of hydrogen-bond donors (Lipinski definition) is 1. The van der Waals surface area contributed by atoms with Crippen molar-refractivity contribution in [1.29, 1.82) is 0 Å². The van der Waals surface area contributed by atoms with Gasteiger partial charge in [-0.05, 0) is 13.8 Å². The van der Waals surface area contributed by atoms with E-state index in [9.17, 15) is 4.79 Å². The Morgan fingerprint density at radius 1 is 0.958 bits per heavy atom. The topological polar surface area (TPSA) is 37.3 Å². The zero-order valence-electron chi connectivity index (χ0n) is 13.5. The quantitative estimate of drug-likeness (QED) is 0.304. The SMILES string of the molecule is CC(=O)C=C(C)O.[Ir].[c-]1ccccc1-c1[c-]ccc2ccccc12. The van der Waals surface area contributed by atoms with E-state index in [0.717, 1.165) is 11.1 Å². The monoisotopic (exact) mass is 495 g/mol. The first-order valence-electron chi connectivity index (χ1n) is 7.32. The number of hydrogen-bond acceptors (Lipinski definition) is 2. The number of aliphatic hydroxyl groups excluding tert-OH is 1. The first-order chi connectivity index (χ1) is 11.1. The van der Waals surface area contributed by atoms with Crippen molar-refractivity contribution in [2.24, 2.45) is 0 Å². The third-order valence-electron chi connectivity index (χ3n) is 3.11. The molecular weight excluding hydrogens is 476 g/mol. The normalized spacial score (nSPS) is 10.3. The molecule has 3 heteroatoms. The molecule has 3 aromatic rings. The van der Waals surface area contributed by atoms with Crippen LogP contribution < -0.4 is 0 Å². The number of rotatable bonds is 2. The summed E-state index contributed by atoms with van der Waals surface area (Å²) in [5.41, 5.74) is 2.22. The Morgan fingerprint density at radius 3 is 2.25 bits per heavy atom. The molecule has 0 spiro atoms. The van der Waals surface area contributed by atoms with Crippen molar-refractivity contribution in [3.05, 3.63) is 84.6 Å². The van der Waals surface area contributed by atoms with E-state index in [1.54, 1.807) is 0 Å². The molecule has 0 amide bonds. The summed E-state index contributed by atoms with van der Waals surface area (Å²) in [6.45, 7) is 2.85. The van der Waals surface area contributed by atoms with Gasteiger partial charge < -0.3 is 5.11 Å². The second kappa shape index (κ2) is 9.82. The molecule has 0 aliphatic heterocycles. The zero-order valence-corrected chi connectivity index (χ0v) is 15.9. The largest absolute Gasteiger partial charge is 0.512 e. The molecule has 0 fully saturated rings. The Morgan fingerprint density at radius 2 is 1.67 bits per heavy atom. The molecule has 1 N–H and O–H groups in total. The van der Waals surface area contributed by atoms with Crippen molar-refractivity contribution in [3.8, 4) is 11.1 Å². The van der Waals surface area contributed by atoms with Crippen molar-refractivity contribution in [3.63, 3.8) is 0 Å². The van der Waals surface area contributed by atoms with Gasteiger partial charge in [0.15, 0.2) is 5.78 Å². The summed E-state index contributed by atoms with van der Waals surface area (Å²) in [4.78, 5) is 10.0. The minimum atomic E-state index is -0.125. The fraction of sp³-hybridized carbons (Fsp3) is 0.0952. The summed E-state index contributed by atoms with van der Waals surface area (Å²) < 4.78 is 0. The first-order valence-corrected chi connectivity index (χ1v) is 7.32. The fourth-order valence-corrected chi connectivity index (χ4v) is 2.23. The summed E-state index contributed by atoms with van der Waals surface area (Å²) in [5.74, 6) is -0.0625. The maximum Gasteiger partial charge on any atom is 0.155 e. The fourth-order valence-electron chi connectivity index (χ4n) is 2.23. The number of benzene rings is 3. The van der Waals surface area contributed by atoms with Gasteiger partial charge in [0.1, 0.15) is 0 Å². The average molecular weight is 495 g/mol. The molecule has 0 saturated heterocycles. The molecule has 0 bridgehead atoms. The van der Waals surface area contributed by atoms with Gasteiger partial charge in [0.25, 0.3) is 0 Å². The predicted molar refractivity (Wildman–Crippen MR) is 94.1 cm³/mol. The first kappa shape index (κ1) is 19.8. The third kappa shape index (κ3) is 5.77. The molecule has 3 aromatic carbocycles. The van der Waals surface area contributed by atoms with E-state index in [4.69, 9.17) is 5.11 Å². The maximum atomic E-state index is 10.0. The number of allylic oxidation sites excluding steroid dienone is 2. The van der Waals surface area contributed by atoms with Gasteiger partial charge in [-0.25, -0.2) is 11.1 Å². The van der Waals surface area contributed by atoms with E-state index >= 15 is 0 Å². The number of fused-ring (bicyclic) bond motifs is 1. The van der Waals surface area contributed by atoms with Gasteiger partial charge in [0.05, 0.1) is 5.76 Å². The van der Waals surface area contributed by atoms with E-state index in [1.807, 2.05) is 24.3 Å². The zero-order chi connectivity index (χ0) is 16.7. The number of carbonyl (C=O) groups excluding carboxylic acids is 1. The molecule has 0 unspecified atom stereocenters. The molecule has 125 valence electrons. The van der Waals surface area contributed by atoms with E-state index in [-0.39, 0.29) is 31.6 Å². The van der Waals surface area contributed by atoms with E-state index in [1.165, 1.54) is 30.7 Å². The maximum absolute atomic E-state index is 10.0. The summed E-state index contributed by atoms with van der Waals surface area (Å²) in [6, 6.07) is 27.0. The molecule has 0 atom stereocenters. The van der Waals surface area contributed by atoms with Crippen LogP contribution in [0.5, 0.6) is 0 Å². The van der Waals surface area contributed by atoms with Crippen LogP contribution in [0, 0.1) is 12.1 Å². The molecule has 0 saturated carbocycles. The Bertz CT molecular complexity index is 814. The molecule has 1 radical (unpaired) electrons. The van der Waals surface area contributed by atoms with Crippen LogP contribution in [-0.4, -0.2) is 10.9 Å². The van der Waals surface area contributed by atoms with Gasteiger partial charge in [-0.3, -0.25) is 4.79 Å². The molecule has 0 aliphatic carbocycles. The molecule has 3 rings (SSSR count). The van der Waals surface area contributed by atoms with Crippen LogP contribution in [0.15, 0.2) is 72.5 Å². The smallest absolute Gasteiger partial charge is 0.155 e. The van der Waals surface area contributed by atoms with Crippen molar-refractivity contribution in [2.45, 2.75) is 13.8 Å². The Balaban J connectivity index is 0.000000312. The van der Waals surface area contributed by atoms with Crippen LogP contribution in [0.25, 0.3) is 21.9 Å². The molecule has 2 nitrogen and oxygen atoms in total. The summed E-state index contributed by atoms with van der Waals surface area (Å²) in [5, 5.41) is 10.8. The van der Waals surface area contributed by atoms with E-state index < -0.39 is 0 Å². The number of aliphatic hydroxyl groups is 1. The van der Waals surface area contributed by atoms with Crippen LogP contribution in [0.1, 0.15) is 13.8 Å². The predicted octanol–water partition coefficient (Wildman–Crippen LogP) is 5.14. The number of carbonyl (C=O) groups is 1. The van der Waals surface area contributed by atoms with Gasteiger partial charge in [-0.1, -0.05) is 18.2 Å². The van der Waals surface area contributed by atoms with Crippen LogP contribution >= 0.6 is 0 Å². The second-order valence-electron chi connectivity index (χ2n) is 5.11. The molecule has 0 aliphatic rings. The van der Waals surface area contributed by atoms with Crippen molar-refractivity contribution >= 4 is 16.6 Å². The van der Waals surface area contributed by atoms with Crippen molar-refractivity contribution in [1.82, 2.24) is 0 Å². The minimum Gasteiger partial charge on any atom is -0.512 e. The van der Waals surface area contributed by atoms with Gasteiger partial charge in [-0.2, -0.15) is 36.4 Å². The molecule has 24 heavy (non-hydrogen) atoms. The Hall–Kier alpha value is -2.22. The minimum absolute atomic E-state index is 0. The van der Waals surface area contributed by atoms with Gasteiger partial charge in [0.2, 0.25) is 0 Å². The summed E-state index contributed by atoms with van der Waals surface area (Å²) in [6.07, 6.45) is 1.17. The van der Waals surface area contributed by atoms with Crippen LogP contribution in [0.3, 0.4) is 0 Å². The van der Waals surface area contributed by atoms with Gasteiger partial charge >= 0.3 is 0 Å². The number of ketones is 1. The van der Waals surface area contributed by atoms with E-state index in [0.29, 0.717) is 0 Å². The summed E-state index contributed by atoms with van der Waals surface area (Å²) in [7, 11) is 0. The Labute approximate surface area is 156 Å². The molecule has 0 heterocycles. The molecular formula is C21H18IrO2-2. The summed E-state index contributed by atoms with van der Waals surface area (Å²) >= 11 is 0. The van der Waals surface area contributed by atoms with Crippen LogP contribution in [-0.2, 0) is 24.9 Å². The van der Waals surface area contributed by atoms with Crippen molar-refractivity contribution in [2.75, 3.05) is 0 Å². The molecule has 0 aromatic heterocycles. The van der Waals surface area contributed by atoms with E-state index in [2.05, 4.69) is 48.5 Å². The van der Waals surface area contributed by atoms with Crippen LogP contribution in [0.2, 0.25) is 0 Å². The second-order valence-corrected chi connectivity index (χ2v) is 5.11. The van der Waals surface area contributed by atoms with Gasteiger partial charge in [-0.15, -0.1) is 29.0 Å². The van der Waals surface area contributed by atoms with Gasteiger partial charge in [0, 0.05) is 26.2 Å². The Kier molecular flexibility index (Phi) is 8.11. The third-order valence-corrected chi connectivity index (χ3v) is 3.11. The van der Waals surface area contributed by atoms with Crippen LogP contribution in [0.4, 0.5) is 0 Å². The average Bonchev–Trinajstić information content (AvgIpc) is 2.54.